The van der Waals surface area contributed by atoms with Crippen molar-refractivity contribution in [2.45, 2.75) is 86.5 Å². The molecule has 2 atom stereocenters. The van der Waals surface area contributed by atoms with E-state index in [9.17, 15) is 5.26 Å². The molecule has 0 spiro atoms. The Morgan fingerprint density at radius 2 is 1.55 bits per heavy atom. The quantitative estimate of drug-likeness (QED) is 0.126. The summed E-state index contributed by atoms with van der Waals surface area (Å²) in [5.41, 5.74) is 4.92. The van der Waals surface area contributed by atoms with Gasteiger partial charge in [0.25, 0.3) is 0 Å². The highest BCUT2D eigenvalue weighted by Gasteiger charge is 2.19. The maximum Gasteiger partial charge on any atom is 0.168 e. The Labute approximate surface area is 184 Å². The molecule has 0 radical (unpaired) electrons. The molecule has 0 aliphatic carbocycles. The summed E-state index contributed by atoms with van der Waals surface area (Å²) >= 11 is 5.80. The second-order valence-corrected chi connectivity index (χ2v) is 8.08. The Bertz CT molecular complexity index is 623. The van der Waals surface area contributed by atoms with E-state index in [0.717, 1.165) is 31.3 Å². The van der Waals surface area contributed by atoms with Gasteiger partial charge in [0.2, 0.25) is 0 Å². The van der Waals surface area contributed by atoms with Gasteiger partial charge in [-0.25, -0.2) is 0 Å². The Hall–Kier alpha value is -1.34. The molecule has 0 aliphatic rings. The van der Waals surface area contributed by atoms with Crippen molar-refractivity contribution in [2.75, 3.05) is 12.5 Å². The van der Waals surface area contributed by atoms with Crippen LogP contribution in [0.15, 0.2) is 46.6 Å². The van der Waals surface area contributed by atoms with Crippen molar-refractivity contribution in [3.63, 3.8) is 0 Å². The van der Waals surface area contributed by atoms with Crippen molar-refractivity contribution in [2.24, 2.45) is 5.92 Å². The van der Waals surface area contributed by atoms with Gasteiger partial charge in [0.05, 0.1) is 6.07 Å². The first-order valence-corrected chi connectivity index (χ1v) is 11.2. The van der Waals surface area contributed by atoms with Crippen LogP contribution in [0.5, 0.6) is 0 Å². The maximum absolute atomic E-state index is 9.54. The molecule has 2 unspecified atom stereocenters. The average Bonchev–Trinajstić information content (AvgIpc) is 2.66. The molecule has 0 saturated heterocycles. The molecule has 0 aromatic carbocycles. The van der Waals surface area contributed by atoms with Gasteiger partial charge >= 0.3 is 0 Å². The second kappa shape index (κ2) is 16.5. The van der Waals surface area contributed by atoms with E-state index in [-0.39, 0.29) is 5.92 Å². The average molecular weight is 422 g/mol. The van der Waals surface area contributed by atoms with Crippen LogP contribution in [0.3, 0.4) is 0 Å². The lowest BCUT2D eigenvalue weighted by Gasteiger charge is -2.21. The fraction of sp³-hybridized carbons (Fsp3) is 0.640. The number of nitrogens with zero attached hydrogens (tertiary/aromatic N) is 1. The summed E-state index contributed by atoms with van der Waals surface area (Å²) < 4.78 is 11.2. The first kappa shape index (κ1) is 27.7. The van der Waals surface area contributed by atoms with Crippen LogP contribution < -0.4 is 0 Å². The van der Waals surface area contributed by atoms with Crippen LogP contribution in [-0.4, -0.2) is 24.9 Å². The topological polar surface area (TPSA) is 42.2 Å². The third-order valence-electron chi connectivity index (χ3n) is 4.65. The Morgan fingerprint density at radius 3 is 2.07 bits per heavy atom. The van der Waals surface area contributed by atoms with Crippen molar-refractivity contribution in [3.05, 3.63) is 46.6 Å². The van der Waals surface area contributed by atoms with Crippen LogP contribution in [0.1, 0.15) is 74.1 Å². The van der Waals surface area contributed by atoms with E-state index in [2.05, 4.69) is 58.9 Å². The van der Waals surface area contributed by atoms with Gasteiger partial charge in [-0.05, 0) is 71.8 Å². The van der Waals surface area contributed by atoms with Crippen molar-refractivity contribution >= 4 is 11.6 Å². The Morgan fingerprint density at radius 1 is 0.966 bits per heavy atom. The lowest BCUT2D eigenvalue weighted by Crippen LogP contribution is -2.24. The van der Waals surface area contributed by atoms with Gasteiger partial charge in [-0.2, -0.15) is 5.26 Å². The van der Waals surface area contributed by atoms with Crippen LogP contribution in [-0.2, 0) is 9.47 Å². The molecule has 0 saturated carbocycles. The van der Waals surface area contributed by atoms with Crippen LogP contribution >= 0.6 is 11.6 Å². The summed E-state index contributed by atoms with van der Waals surface area (Å²) in [6.07, 6.45) is 11.9. The third kappa shape index (κ3) is 13.5. The Balaban J connectivity index is 4.84. The van der Waals surface area contributed by atoms with Crippen molar-refractivity contribution in [3.8, 4) is 6.07 Å². The molecule has 0 N–H and O–H groups in total. The summed E-state index contributed by atoms with van der Waals surface area (Å²) in [7, 11) is 0. The molecule has 4 heteroatoms. The summed E-state index contributed by atoms with van der Waals surface area (Å²) in [4.78, 5) is 0. The van der Waals surface area contributed by atoms with Crippen LogP contribution in [0.25, 0.3) is 0 Å². The summed E-state index contributed by atoms with van der Waals surface area (Å²) in [6.45, 7) is 14.9. The molecule has 0 heterocycles. The zero-order valence-electron chi connectivity index (χ0n) is 19.4. The number of rotatable bonds is 14. The molecule has 0 aromatic rings. The van der Waals surface area contributed by atoms with Crippen LogP contribution in [0, 0.1) is 17.2 Å². The van der Waals surface area contributed by atoms with Gasteiger partial charge in [-0.3, -0.25) is 0 Å². The highest BCUT2D eigenvalue weighted by Crippen LogP contribution is 2.20. The van der Waals surface area contributed by atoms with Gasteiger partial charge in [0, 0.05) is 12.5 Å². The van der Waals surface area contributed by atoms with E-state index < -0.39 is 12.4 Å². The number of hydrogen-bond donors (Lipinski definition) is 0. The van der Waals surface area contributed by atoms with Crippen LogP contribution in [0.2, 0.25) is 0 Å². The second-order valence-electron chi connectivity index (χ2n) is 7.81. The monoisotopic (exact) mass is 421 g/mol. The lowest BCUT2D eigenvalue weighted by molar-refractivity contribution is -0.137. The van der Waals surface area contributed by atoms with Gasteiger partial charge in [0.15, 0.2) is 12.4 Å². The van der Waals surface area contributed by atoms with E-state index in [0.29, 0.717) is 12.5 Å². The third-order valence-corrected chi connectivity index (χ3v) is 5.07. The number of alkyl halides is 1. The first-order chi connectivity index (χ1) is 13.7. The molecule has 0 bridgehead atoms. The summed E-state index contributed by atoms with van der Waals surface area (Å²) in [6, 6.07) is 2.26. The molecule has 0 amide bonds. The van der Waals surface area contributed by atoms with Gasteiger partial charge in [0.1, 0.15) is 0 Å². The predicted octanol–water partition coefficient (Wildman–Crippen LogP) is 7.50. The molecule has 3 nitrogen and oxygen atoms in total. The normalized spacial score (nSPS) is 16.1. The fourth-order valence-electron chi connectivity index (χ4n) is 2.80. The molecule has 0 aromatic heterocycles. The molecular formula is C25H40ClNO2. The molecular weight excluding hydrogens is 382 g/mol. The first-order valence-electron chi connectivity index (χ1n) is 10.7. The van der Waals surface area contributed by atoms with Crippen molar-refractivity contribution < 1.29 is 9.47 Å². The van der Waals surface area contributed by atoms with Crippen LogP contribution in [0.4, 0.5) is 0 Å². The minimum absolute atomic E-state index is 0.226. The van der Waals surface area contributed by atoms with E-state index in [1.54, 1.807) is 0 Å². The van der Waals surface area contributed by atoms with Gasteiger partial charge in [-0.1, -0.05) is 54.9 Å². The highest BCUT2D eigenvalue weighted by atomic mass is 35.5. The minimum atomic E-state index is -0.591. The van der Waals surface area contributed by atoms with E-state index >= 15 is 0 Å². The Kier molecular flexibility index (Phi) is 15.7. The minimum Gasteiger partial charge on any atom is -0.353 e. The molecule has 29 heavy (non-hydrogen) atoms. The van der Waals surface area contributed by atoms with Crippen molar-refractivity contribution in [1.29, 1.82) is 5.26 Å². The number of hydrogen-bond acceptors (Lipinski definition) is 3. The van der Waals surface area contributed by atoms with Gasteiger partial charge in [-0.15, -0.1) is 11.6 Å². The number of halogens is 1. The largest absolute Gasteiger partial charge is 0.353 e. The summed E-state index contributed by atoms with van der Waals surface area (Å²) in [5.74, 6) is 0.838. The molecule has 0 fully saturated rings. The van der Waals surface area contributed by atoms with E-state index in [1.165, 1.54) is 16.7 Å². The van der Waals surface area contributed by atoms with E-state index in [1.807, 2.05) is 19.9 Å². The molecule has 0 aliphatic heterocycles. The standard InChI is InChI=1S/C25H40ClNO2/c1-8-28-23(7)29-25(18-27)24(19(2)3)16-15-21(5)13-9-11-20(4)12-10-14-22(6)17-26/h11,14-16,19,23,25H,8-10,12-13,17H2,1-7H3. The van der Waals surface area contributed by atoms with E-state index in [4.69, 9.17) is 21.1 Å². The van der Waals surface area contributed by atoms with Crippen molar-refractivity contribution in [1.82, 2.24) is 0 Å². The number of allylic oxidation sites excluding steroid dienone is 7. The fourth-order valence-corrected chi connectivity index (χ4v) is 2.91. The predicted molar refractivity (Wildman–Crippen MR) is 125 cm³/mol. The number of nitriles is 1. The maximum atomic E-state index is 9.54. The zero-order chi connectivity index (χ0) is 22.2. The molecule has 164 valence electrons. The highest BCUT2D eigenvalue weighted by molar-refractivity contribution is 6.19. The smallest absolute Gasteiger partial charge is 0.168 e. The van der Waals surface area contributed by atoms with Gasteiger partial charge < -0.3 is 9.47 Å². The zero-order valence-corrected chi connectivity index (χ0v) is 20.2. The lowest BCUT2D eigenvalue weighted by atomic mass is 9.96. The summed E-state index contributed by atoms with van der Waals surface area (Å²) in [5, 5.41) is 9.54. The molecule has 0 rings (SSSR count). The number of ether oxygens (including phenoxy) is 2. The SMILES string of the molecule is CCOC(C)OC(C#N)C(=CC=C(C)CCC=C(C)CCC=C(C)CCl)C(C)C.